The second-order valence-electron chi connectivity index (χ2n) is 2.93. The number of thioether (sulfide) groups is 1. The van der Waals surface area contributed by atoms with Crippen molar-refractivity contribution in [3.8, 4) is 0 Å². The van der Waals surface area contributed by atoms with E-state index in [2.05, 4.69) is 5.32 Å². The zero-order chi connectivity index (χ0) is 8.81. The van der Waals surface area contributed by atoms with Crippen molar-refractivity contribution in [2.45, 2.75) is 24.5 Å². The summed E-state index contributed by atoms with van der Waals surface area (Å²) in [5.41, 5.74) is 0. The van der Waals surface area contributed by atoms with Gasteiger partial charge in [-0.2, -0.15) is 11.8 Å². The van der Waals surface area contributed by atoms with Gasteiger partial charge in [0.1, 0.15) is 5.88 Å². The predicted molar refractivity (Wildman–Crippen MR) is 53.8 cm³/mol. The summed E-state index contributed by atoms with van der Waals surface area (Å²) in [5.74, 6) is 1.27. The van der Waals surface area contributed by atoms with E-state index < -0.39 is 0 Å². The molecule has 0 aromatic rings. The van der Waals surface area contributed by atoms with Gasteiger partial charge in [0.05, 0.1) is 0 Å². The molecule has 1 aliphatic heterocycles. The Morgan fingerprint density at radius 3 is 3.00 bits per heavy atom. The smallest absolute Gasteiger partial charge is 0.234 e. The molecular weight excluding hydrogens is 194 g/mol. The largest absolute Gasteiger partial charge is 0.354 e. The van der Waals surface area contributed by atoms with Crippen LogP contribution in [0.25, 0.3) is 0 Å². The van der Waals surface area contributed by atoms with Gasteiger partial charge in [0.15, 0.2) is 0 Å². The van der Waals surface area contributed by atoms with Crippen LogP contribution < -0.4 is 5.32 Å². The molecule has 0 radical (unpaired) electrons. The van der Waals surface area contributed by atoms with Gasteiger partial charge in [0.2, 0.25) is 5.91 Å². The first-order chi connectivity index (χ1) is 5.83. The average Bonchev–Trinajstić information content (AvgIpc) is 2.16. The monoisotopic (exact) mass is 207 g/mol. The number of carbonyl (C=O) groups is 1. The van der Waals surface area contributed by atoms with Crippen LogP contribution in [0, 0.1) is 0 Å². The molecule has 4 heteroatoms. The Hall–Kier alpha value is 0.110. The average molecular weight is 208 g/mol. The summed E-state index contributed by atoms with van der Waals surface area (Å²) in [5, 5.41) is 3.43. The van der Waals surface area contributed by atoms with E-state index in [-0.39, 0.29) is 11.8 Å². The highest BCUT2D eigenvalue weighted by molar-refractivity contribution is 7.99. The van der Waals surface area contributed by atoms with E-state index in [0.29, 0.717) is 5.25 Å². The maximum absolute atomic E-state index is 10.8. The molecule has 2 nitrogen and oxygen atoms in total. The number of alkyl halides is 1. The van der Waals surface area contributed by atoms with Crippen LogP contribution in [-0.2, 0) is 4.79 Å². The zero-order valence-electron chi connectivity index (χ0n) is 7.01. The number of hydrogen-bond acceptors (Lipinski definition) is 2. The molecule has 1 unspecified atom stereocenters. The fourth-order valence-electron chi connectivity index (χ4n) is 1.24. The lowest BCUT2D eigenvalue weighted by Crippen LogP contribution is -2.32. The van der Waals surface area contributed by atoms with Gasteiger partial charge in [-0.3, -0.25) is 4.79 Å². The van der Waals surface area contributed by atoms with E-state index in [1.54, 1.807) is 0 Å². The van der Waals surface area contributed by atoms with Crippen LogP contribution in [0.2, 0.25) is 0 Å². The van der Waals surface area contributed by atoms with Gasteiger partial charge in [-0.15, -0.1) is 11.6 Å². The molecule has 0 aromatic carbocycles. The summed E-state index contributed by atoms with van der Waals surface area (Å²) < 4.78 is 0. The summed E-state index contributed by atoms with van der Waals surface area (Å²) in [4.78, 5) is 10.8. The van der Waals surface area contributed by atoms with Gasteiger partial charge >= 0.3 is 0 Å². The molecule has 1 heterocycles. The second-order valence-corrected chi connectivity index (χ2v) is 4.60. The number of hydrogen-bond donors (Lipinski definition) is 1. The first kappa shape index (κ1) is 10.2. The molecule has 1 atom stereocenters. The predicted octanol–water partition coefficient (Wildman–Crippen LogP) is 1.63. The Morgan fingerprint density at radius 1 is 1.58 bits per heavy atom. The van der Waals surface area contributed by atoms with Crippen LogP contribution in [0.3, 0.4) is 0 Å². The SMILES string of the molecule is O=C(CCl)NCC1CCCCS1. The summed E-state index contributed by atoms with van der Waals surface area (Å²) in [6.45, 7) is 0.788. The number of halogens is 1. The molecular formula is C8H14ClNOS. The summed E-state index contributed by atoms with van der Waals surface area (Å²) in [6.07, 6.45) is 3.85. The van der Waals surface area contributed by atoms with Gasteiger partial charge in [-0.05, 0) is 18.6 Å². The zero-order valence-corrected chi connectivity index (χ0v) is 8.59. The lowest BCUT2D eigenvalue weighted by molar-refractivity contribution is -0.118. The number of nitrogens with one attached hydrogen (secondary N) is 1. The molecule has 1 aliphatic rings. The van der Waals surface area contributed by atoms with Crippen molar-refractivity contribution in [3.63, 3.8) is 0 Å². The van der Waals surface area contributed by atoms with Gasteiger partial charge < -0.3 is 5.32 Å². The molecule has 1 N–H and O–H groups in total. The summed E-state index contributed by atoms with van der Waals surface area (Å²) in [6, 6.07) is 0. The Bertz CT molecular complexity index is 148. The van der Waals surface area contributed by atoms with Crippen LogP contribution in [0.1, 0.15) is 19.3 Å². The number of carbonyl (C=O) groups excluding carboxylic acids is 1. The molecule has 1 rings (SSSR count). The summed E-state index contributed by atoms with van der Waals surface area (Å²) in [7, 11) is 0. The highest BCUT2D eigenvalue weighted by Crippen LogP contribution is 2.24. The minimum Gasteiger partial charge on any atom is -0.354 e. The Balaban J connectivity index is 2.09. The summed E-state index contributed by atoms with van der Waals surface area (Å²) >= 11 is 7.31. The van der Waals surface area contributed by atoms with Gasteiger partial charge in [0.25, 0.3) is 0 Å². The molecule has 0 aliphatic carbocycles. The van der Waals surface area contributed by atoms with Gasteiger partial charge in [0, 0.05) is 11.8 Å². The topological polar surface area (TPSA) is 29.1 Å². The third kappa shape index (κ3) is 3.68. The molecule has 0 aromatic heterocycles. The van der Waals surface area contributed by atoms with Gasteiger partial charge in [-0.1, -0.05) is 6.42 Å². The standard InChI is InChI=1S/C8H14ClNOS/c9-5-8(11)10-6-7-3-1-2-4-12-7/h7H,1-6H2,(H,10,11). The van der Waals surface area contributed by atoms with Crippen molar-refractivity contribution >= 4 is 29.3 Å². The minimum absolute atomic E-state index is 0.0529. The maximum atomic E-state index is 10.8. The molecule has 0 bridgehead atoms. The lowest BCUT2D eigenvalue weighted by Gasteiger charge is -2.21. The quantitative estimate of drug-likeness (QED) is 0.713. The first-order valence-electron chi connectivity index (χ1n) is 4.27. The number of amides is 1. The maximum Gasteiger partial charge on any atom is 0.234 e. The van der Waals surface area contributed by atoms with E-state index >= 15 is 0 Å². The van der Waals surface area contributed by atoms with Crippen LogP contribution in [0.4, 0.5) is 0 Å². The molecule has 0 saturated carbocycles. The van der Waals surface area contributed by atoms with E-state index in [4.69, 9.17) is 11.6 Å². The van der Waals surface area contributed by atoms with Crippen molar-refractivity contribution in [2.24, 2.45) is 0 Å². The van der Waals surface area contributed by atoms with Crippen molar-refractivity contribution < 1.29 is 4.79 Å². The number of rotatable bonds is 3. The van der Waals surface area contributed by atoms with Crippen LogP contribution >= 0.6 is 23.4 Å². The van der Waals surface area contributed by atoms with E-state index in [0.717, 1.165) is 6.54 Å². The fourth-order valence-corrected chi connectivity index (χ4v) is 2.58. The Kier molecular flexibility index (Phi) is 4.84. The van der Waals surface area contributed by atoms with E-state index in [1.165, 1.54) is 25.0 Å². The molecule has 12 heavy (non-hydrogen) atoms. The molecule has 70 valence electrons. The first-order valence-corrected chi connectivity index (χ1v) is 5.85. The highest BCUT2D eigenvalue weighted by atomic mass is 35.5. The van der Waals surface area contributed by atoms with Crippen molar-refractivity contribution in [1.29, 1.82) is 0 Å². The van der Waals surface area contributed by atoms with E-state index in [1.807, 2.05) is 11.8 Å². The van der Waals surface area contributed by atoms with E-state index in [9.17, 15) is 4.79 Å². The van der Waals surface area contributed by atoms with Crippen LogP contribution in [0.5, 0.6) is 0 Å². The third-order valence-corrected chi connectivity index (χ3v) is 3.56. The second kappa shape index (κ2) is 5.70. The van der Waals surface area contributed by atoms with Gasteiger partial charge in [-0.25, -0.2) is 0 Å². The fraction of sp³-hybridized carbons (Fsp3) is 0.875. The molecule has 1 saturated heterocycles. The third-order valence-electron chi connectivity index (χ3n) is 1.92. The van der Waals surface area contributed by atoms with Crippen molar-refractivity contribution in [3.05, 3.63) is 0 Å². The van der Waals surface area contributed by atoms with Crippen molar-refractivity contribution in [2.75, 3.05) is 18.2 Å². The van der Waals surface area contributed by atoms with Crippen LogP contribution in [-0.4, -0.2) is 29.3 Å². The van der Waals surface area contributed by atoms with Crippen LogP contribution in [0.15, 0.2) is 0 Å². The molecule has 0 spiro atoms. The Morgan fingerprint density at radius 2 is 2.42 bits per heavy atom. The minimum atomic E-state index is -0.0529. The Labute approximate surface area is 82.4 Å². The molecule has 1 fully saturated rings. The normalized spacial score (nSPS) is 23.6. The molecule has 1 amide bonds. The van der Waals surface area contributed by atoms with Crippen molar-refractivity contribution in [1.82, 2.24) is 5.32 Å². The highest BCUT2D eigenvalue weighted by Gasteiger charge is 2.13. The lowest BCUT2D eigenvalue weighted by atomic mass is 10.2.